The molecule has 5 rings (SSSR count). The van der Waals surface area contributed by atoms with Gasteiger partial charge in [0.05, 0.1) is 10.8 Å². The van der Waals surface area contributed by atoms with Crippen molar-refractivity contribution in [1.82, 2.24) is 19.7 Å². The molecule has 1 aliphatic heterocycles. The Kier molecular flexibility index (Phi) is 6.49. The zero-order chi connectivity index (χ0) is 25.1. The lowest BCUT2D eigenvalue weighted by atomic mass is 9.97. The first-order valence-corrected chi connectivity index (χ1v) is 13.0. The van der Waals surface area contributed by atoms with E-state index in [0.29, 0.717) is 23.9 Å². The third-order valence-electron chi connectivity index (χ3n) is 6.12. The number of hydrogen-bond donors (Lipinski definition) is 2. The second-order valence-corrected chi connectivity index (χ2v) is 10.1. The minimum Gasteiger partial charge on any atom is -0.354 e. The molecule has 3 N–H and O–H groups in total. The molecule has 11 heteroatoms. The number of amides is 1. The predicted octanol–water partition coefficient (Wildman–Crippen LogP) is 2.83. The van der Waals surface area contributed by atoms with Crippen LogP contribution in [0.4, 0.5) is 11.5 Å². The molecule has 0 aliphatic carbocycles. The summed E-state index contributed by atoms with van der Waals surface area (Å²) in [5.41, 5.74) is 1.50. The maximum absolute atomic E-state index is 12.9. The lowest BCUT2D eigenvalue weighted by Crippen LogP contribution is -2.41. The summed E-state index contributed by atoms with van der Waals surface area (Å²) in [7, 11) is -3.78. The monoisotopic (exact) mass is 503 g/mol. The Balaban J connectivity index is 1.26. The molecule has 2 aromatic heterocycles. The Morgan fingerprint density at radius 3 is 2.39 bits per heavy atom. The Bertz CT molecular complexity index is 1450. The van der Waals surface area contributed by atoms with Crippen molar-refractivity contribution in [2.24, 2.45) is 11.1 Å². The number of anilines is 2. The van der Waals surface area contributed by atoms with Crippen molar-refractivity contribution in [2.75, 3.05) is 23.3 Å². The number of sulfonamides is 1. The lowest BCUT2D eigenvalue weighted by Gasteiger charge is -2.32. The Labute approximate surface area is 208 Å². The molecule has 10 nitrogen and oxygen atoms in total. The first-order valence-electron chi connectivity index (χ1n) is 11.5. The van der Waals surface area contributed by atoms with Gasteiger partial charge in [-0.25, -0.2) is 18.5 Å². The van der Waals surface area contributed by atoms with Gasteiger partial charge < -0.3 is 10.2 Å². The molecule has 1 saturated heterocycles. The first-order chi connectivity index (χ1) is 17.4. The zero-order valence-corrected chi connectivity index (χ0v) is 20.2. The fourth-order valence-corrected chi connectivity index (χ4v) is 4.79. The fraction of sp³-hybridized carbons (Fsp3) is 0.200. The van der Waals surface area contributed by atoms with E-state index in [4.69, 9.17) is 5.14 Å². The van der Waals surface area contributed by atoms with Gasteiger partial charge in [-0.15, -0.1) is 10.2 Å². The molecule has 184 valence electrons. The zero-order valence-electron chi connectivity index (χ0n) is 19.4. The summed E-state index contributed by atoms with van der Waals surface area (Å²) in [6, 6.07) is 19.5. The minimum absolute atomic E-state index is 0.00190. The highest BCUT2D eigenvalue weighted by molar-refractivity contribution is 7.89. The lowest BCUT2D eigenvalue weighted by molar-refractivity contribution is -0.120. The molecule has 0 spiro atoms. The number of primary sulfonamides is 1. The molecule has 0 radical (unpaired) electrons. The number of rotatable bonds is 6. The van der Waals surface area contributed by atoms with Gasteiger partial charge in [0.25, 0.3) is 0 Å². The number of benzene rings is 2. The fourth-order valence-electron chi connectivity index (χ4n) is 4.28. The third-order valence-corrected chi connectivity index (χ3v) is 7.05. The average Bonchev–Trinajstić information content (AvgIpc) is 3.39. The number of carbonyl (C=O) groups is 1. The van der Waals surface area contributed by atoms with E-state index >= 15 is 0 Å². The normalized spacial score (nSPS) is 16.0. The largest absolute Gasteiger partial charge is 0.354 e. The molecule has 1 atom stereocenters. The summed E-state index contributed by atoms with van der Waals surface area (Å²) in [6.45, 7) is 1.29. The van der Waals surface area contributed by atoms with Crippen molar-refractivity contribution in [3.8, 4) is 17.2 Å². The maximum atomic E-state index is 12.9. The second kappa shape index (κ2) is 9.88. The first kappa shape index (κ1) is 23.6. The molecule has 3 heterocycles. The average molecular weight is 504 g/mol. The summed E-state index contributed by atoms with van der Waals surface area (Å²) in [6.07, 6.45) is 5.17. The van der Waals surface area contributed by atoms with Gasteiger partial charge in [-0.1, -0.05) is 30.3 Å². The number of nitrogens with one attached hydrogen (secondary N) is 1. The van der Waals surface area contributed by atoms with Gasteiger partial charge in [-0.05, 0) is 49.2 Å². The summed E-state index contributed by atoms with van der Waals surface area (Å²) in [5, 5.41) is 16.8. The molecule has 1 aliphatic rings. The van der Waals surface area contributed by atoms with Crippen LogP contribution in [0.25, 0.3) is 17.2 Å². The van der Waals surface area contributed by atoms with Crippen LogP contribution in [0.1, 0.15) is 12.8 Å². The number of nitrogens with two attached hydrogens (primary N) is 1. The number of nitrogens with zero attached hydrogens (tertiary/aromatic N) is 5. The van der Waals surface area contributed by atoms with Crippen LogP contribution < -0.4 is 15.4 Å². The Morgan fingerprint density at radius 2 is 1.69 bits per heavy atom. The van der Waals surface area contributed by atoms with Crippen LogP contribution in [0, 0.1) is 5.92 Å². The van der Waals surface area contributed by atoms with Crippen LogP contribution in [0.2, 0.25) is 0 Å². The van der Waals surface area contributed by atoms with Gasteiger partial charge in [0.2, 0.25) is 15.9 Å². The molecule has 1 unspecified atom stereocenters. The van der Waals surface area contributed by atoms with E-state index in [0.717, 1.165) is 30.8 Å². The molecule has 0 saturated carbocycles. The standard InChI is InChI=1S/C25H25N7O3S/c26-36(34,35)21-10-8-20(9-11-21)28-25(33)19-7-4-15-31(17-19)22-12-13-23(30-29-22)32-16-14-27-24(32)18-5-2-1-3-6-18/h1-3,5-6,8-14,16,19H,4,7,15,17H2,(H,28,33)(H2,26,34,35). The van der Waals surface area contributed by atoms with Crippen LogP contribution in [0.15, 0.2) is 84.0 Å². The van der Waals surface area contributed by atoms with Crippen molar-refractivity contribution in [3.63, 3.8) is 0 Å². The highest BCUT2D eigenvalue weighted by Crippen LogP contribution is 2.25. The van der Waals surface area contributed by atoms with E-state index in [1.54, 1.807) is 6.20 Å². The highest BCUT2D eigenvalue weighted by atomic mass is 32.2. The SMILES string of the molecule is NS(=O)(=O)c1ccc(NC(=O)C2CCCN(c3ccc(-n4ccnc4-c4ccccc4)nn3)C2)cc1. The van der Waals surface area contributed by atoms with E-state index in [1.807, 2.05) is 53.2 Å². The minimum atomic E-state index is -3.78. The van der Waals surface area contributed by atoms with Crippen molar-refractivity contribution in [2.45, 2.75) is 17.7 Å². The molecule has 1 fully saturated rings. The molecule has 36 heavy (non-hydrogen) atoms. The van der Waals surface area contributed by atoms with Gasteiger partial charge in [-0.3, -0.25) is 9.36 Å². The third kappa shape index (κ3) is 5.11. The second-order valence-electron chi connectivity index (χ2n) is 8.58. The van der Waals surface area contributed by atoms with Crippen LogP contribution in [-0.2, 0) is 14.8 Å². The smallest absolute Gasteiger partial charge is 0.238 e. The Hall–Kier alpha value is -4.09. The van der Waals surface area contributed by atoms with E-state index in [9.17, 15) is 13.2 Å². The number of aromatic nitrogens is 4. The van der Waals surface area contributed by atoms with Gasteiger partial charge >= 0.3 is 0 Å². The topological polar surface area (TPSA) is 136 Å². The van der Waals surface area contributed by atoms with Crippen LogP contribution in [-0.4, -0.2) is 47.2 Å². The number of carbonyl (C=O) groups excluding carboxylic acids is 1. The van der Waals surface area contributed by atoms with Crippen LogP contribution in [0.3, 0.4) is 0 Å². The van der Waals surface area contributed by atoms with Crippen molar-refractivity contribution >= 4 is 27.4 Å². The molecule has 2 aromatic carbocycles. The van der Waals surface area contributed by atoms with Crippen LogP contribution >= 0.6 is 0 Å². The highest BCUT2D eigenvalue weighted by Gasteiger charge is 2.27. The number of hydrogen-bond acceptors (Lipinski definition) is 7. The summed E-state index contributed by atoms with van der Waals surface area (Å²) in [5.74, 6) is 1.78. The van der Waals surface area contributed by atoms with Crippen LogP contribution in [0.5, 0.6) is 0 Å². The Morgan fingerprint density at radius 1 is 0.972 bits per heavy atom. The predicted molar refractivity (Wildman–Crippen MR) is 136 cm³/mol. The molecule has 1 amide bonds. The van der Waals surface area contributed by atoms with Gasteiger partial charge in [-0.2, -0.15) is 0 Å². The van der Waals surface area contributed by atoms with Gasteiger partial charge in [0.15, 0.2) is 11.6 Å². The quantitative estimate of drug-likeness (QED) is 0.413. The van der Waals surface area contributed by atoms with E-state index < -0.39 is 10.0 Å². The molecular weight excluding hydrogens is 478 g/mol. The summed E-state index contributed by atoms with van der Waals surface area (Å²) >= 11 is 0. The van der Waals surface area contributed by atoms with E-state index in [1.165, 1.54) is 24.3 Å². The summed E-state index contributed by atoms with van der Waals surface area (Å²) in [4.78, 5) is 19.4. The van der Waals surface area contributed by atoms with Gasteiger partial charge in [0.1, 0.15) is 5.82 Å². The number of imidazole rings is 1. The number of piperidine rings is 1. The molecular formula is C25H25N7O3S. The summed E-state index contributed by atoms with van der Waals surface area (Å²) < 4.78 is 24.7. The molecule has 4 aromatic rings. The van der Waals surface area contributed by atoms with Gasteiger partial charge in [0, 0.05) is 36.7 Å². The van der Waals surface area contributed by atoms with Crippen molar-refractivity contribution in [3.05, 3.63) is 79.1 Å². The van der Waals surface area contributed by atoms with E-state index in [2.05, 4.69) is 25.4 Å². The van der Waals surface area contributed by atoms with Crippen molar-refractivity contribution < 1.29 is 13.2 Å². The van der Waals surface area contributed by atoms with Crippen molar-refractivity contribution in [1.29, 1.82) is 0 Å². The van der Waals surface area contributed by atoms with E-state index in [-0.39, 0.29) is 16.7 Å². The molecule has 0 bridgehead atoms. The maximum Gasteiger partial charge on any atom is 0.238 e.